The van der Waals surface area contributed by atoms with Crippen LogP contribution in [-0.2, 0) is 12.8 Å². The third-order valence-electron chi connectivity index (χ3n) is 4.71. The average molecular weight is 317 g/mol. The molecule has 1 aromatic heterocycles. The Morgan fingerprint density at radius 2 is 1.83 bits per heavy atom. The van der Waals surface area contributed by atoms with E-state index in [-0.39, 0.29) is 11.9 Å². The summed E-state index contributed by atoms with van der Waals surface area (Å²) in [5.41, 5.74) is 4.10. The second-order valence-electron chi connectivity index (χ2n) is 6.31. The van der Waals surface area contributed by atoms with Crippen molar-refractivity contribution >= 4 is 16.8 Å². The van der Waals surface area contributed by atoms with Crippen LogP contribution < -0.4 is 5.32 Å². The van der Waals surface area contributed by atoms with Crippen molar-refractivity contribution in [2.24, 2.45) is 0 Å². The van der Waals surface area contributed by atoms with Gasteiger partial charge in [0.2, 0.25) is 0 Å². The first-order valence-corrected chi connectivity index (χ1v) is 8.39. The highest BCUT2D eigenvalue weighted by Crippen LogP contribution is 2.21. The number of carbonyl (C=O) groups excluding carboxylic acids is 1. The van der Waals surface area contributed by atoms with Gasteiger partial charge in [-0.05, 0) is 42.9 Å². The Morgan fingerprint density at radius 1 is 1.04 bits per heavy atom. The summed E-state index contributed by atoms with van der Waals surface area (Å²) in [4.78, 5) is 12.8. The van der Waals surface area contributed by atoms with E-state index in [1.165, 1.54) is 11.1 Å². The summed E-state index contributed by atoms with van der Waals surface area (Å²) in [6.07, 6.45) is 5.62. The van der Waals surface area contributed by atoms with Crippen LogP contribution in [0.15, 0.2) is 54.7 Å². The number of hydrogen-bond donors (Lipinski definition) is 1. The topological polar surface area (TPSA) is 54.9 Å². The molecule has 3 aromatic rings. The summed E-state index contributed by atoms with van der Waals surface area (Å²) in [7, 11) is 0. The van der Waals surface area contributed by atoms with Crippen molar-refractivity contribution in [1.29, 1.82) is 0 Å². The van der Waals surface area contributed by atoms with E-state index in [9.17, 15) is 4.79 Å². The van der Waals surface area contributed by atoms with E-state index >= 15 is 0 Å². The fourth-order valence-corrected chi connectivity index (χ4v) is 3.48. The van der Waals surface area contributed by atoms with Gasteiger partial charge in [-0.25, -0.2) is 0 Å². The quantitative estimate of drug-likeness (QED) is 0.738. The fourth-order valence-electron chi connectivity index (χ4n) is 3.48. The number of aryl methyl sites for hydroxylation is 1. The molecule has 1 aliphatic carbocycles. The van der Waals surface area contributed by atoms with E-state index in [0.717, 1.165) is 36.6 Å². The molecule has 1 aliphatic rings. The maximum atomic E-state index is 12.8. The van der Waals surface area contributed by atoms with Crippen molar-refractivity contribution < 1.29 is 4.79 Å². The Morgan fingerprint density at radius 3 is 2.75 bits per heavy atom. The van der Waals surface area contributed by atoms with E-state index in [1.54, 1.807) is 6.20 Å². The van der Waals surface area contributed by atoms with Gasteiger partial charge >= 0.3 is 0 Å². The van der Waals surface area contributed by atoms with E-state index in [1.807, 2.05) is 24.3 Å². The number of aromatic nitrogens is 2. The minimum absolute atomic E-state index is 0.0644. The van der Waals surface area contributed by atoms with Gasteiger partial charge in [-0.15, -0.1) is 0 Å². The normalized spacial score (nSPS) is 17.1. The van der Waals surface area contributed by atoms with E-state index in [4.69, 9.17) is 0 Å². The summed E-state index contributed by atoms with van der Waals surface area (Å²) in [6.45, 7) is 0. The molecule has 1 amide bonds. The summed E-state index contributed by atoms with van der Waals surface area (Å²) in [6, 6.07) is 16.3. The highest BCUT2D eigenvalue weighted by molar-refractivity contribution is 6.05. The SMILES string of the molecule is O=C(NC1CCCc2ccccc2C1)c1cnnc2ccccc12. The van der Waals surface area contributed by atoms with Crippen molar-refractivity contribution in [1.82, 2.24) is 15.5 Å². The second kappa shape index (κ2) is 6.40. The maximum Gasteiger partial charge on any atom is 0.253 e. The molecule has 0 radical (unpaired) electrons. The molecule has 0 aliphatic heterocycles. The van der Waals surface area contributed by atoms with Gasteiger partial charge in [0.1, 0.15) is 0 Å². The van der Waals surface area contributed by atoms with E-state index in [2.05, 4.69) is 39.8 Å². The third-order valence-corrected chi connectivity index (χ3v) is 4.71. The summed E-state index contributed by atoms with van der Waals surface area (Å²) < 4.78 is 0. The van der Waals surface area contributed by atoms with Crippen LogP contribution in [0.5, 0.6) is 0 Å². The predicted octanol–water partition coefficient (Wildman–Crippen LogP) is 3.31. The molecular formula is C20H19N3O. The van der Waals surface area contributed by atoms with E-state index < -0.39 is 0 Å². The molecule has 4 rings (SSSR count). The Hall–Kier alpha value is -2.75. The molecule has 24 heavy (non-hydrogen) atoms. The van der Waals surface area contributed by atoms with Crippen LogP contribution in [0, 0.1) is 0 Å². The van der Waals surface area contributed by atoms with Crippen LogP contribution in [0.25, 0.3) is 10.9 Å². The van der Waals surface area contributed by atoms with Gasteiger partial charge in [-0.2, -0.15) is 10.2 Å². The van der Waals surface area contributed by atoms with Crippen molar-refractivity contribution in [3.05, 3.63) is 71.4 Å². The molecule has 1 unspecified atom stereocenters. The number of carbonyl (C=O) groups is 1. The van der Waals surface area contributed by atoms with Crippen molar-refractivity contribution in [3.8, 4) is 0 Å². The standard InChI is InChI=1S/C20H19N3O/c24-20(18-13-21-23-19-11-4-3-10-17(18)19)22-16-9-5-8-14-6-1-2-7-15(14)12-16/h1-4,6-7,10-11,13,16H,5,8-9,12H2,(H,22,24). The fraction of sp³-hybridized carbons (Fsp3) is 0.250. The first kappa shape index (κ1) is 14.8. The van der Waals surface area contributed by atoms with Gasteiger partial charge in [0.25, 0.3) is 5.91 Å². The number of fused-ring (bicyclic) bond motifs is 2. The molecular weight excluding hydrogens is 298 g/mol. The maximum absolute atomic E-state index is 12.8. The zero-order valence-corrected chi connectivity index (χ0v) is 13.4. The molecule has 2 aromatic carbocycles. The largest absolute Gasteiger partial charge is 0.349 e. The molecule has 0 saturated carbocycles. The third kappa shape index (κ3) is 2.87. The second-order valence-corrected chi connectivity index (χ2v) is 6.31. The van der Waals surface area contributed by atoms with Crippen molar-refractivity contribution in [2.75, 3.05) is 0 Å². The van der Waals surface area contributed by atoms with Crippen LogP contribution in [0.3, 0.4) is 0 Å². The van der Waals surface area contributed by atoms with Crippen LogP contribution in [0.4, 0.5) is 0 Å². The Kier molecular flexibility index (Phi) is 3.95. The summed E-state index contributed by atoms with van der Waals surface area (Å²) >= 11 is 0. The van der Waals surface area contributed by atoms with Gasteiger partial charge in [0.05, 0.1) is 17.3 Å². The van der Waals surface area contributed by atoms with Crippen LogP contribution in [0.2, 0.25) is 0 Å². The number of rotatable bonds is 2. The highest BCUT2D eigenvalue weighted by Gasteiger charge is 2.20. The lowest BCUT2D eigenvalue weighted by Gasteiger charge is -2.17. The summed E-state index contributed by atoms with van der Waals surface area (Å²) in [5.74, 6) is -0.0644. The number of amides is 1. The molecule has 1 heterocycles. The van der Waals surface area contributed by atoms with Gasteiger partial charge < -0.3 is 5.32 Å². The van der Waals surface area contributed by atoms with Crippen LogP contribution >= 0.6 is 0 Å². The van der Waals surface area contributed by atoms with E-state index in [0.29, 0.717) is 5.56 Å². The number of hydrogen-bond acceptors (Lipinski definition) is 3. The lowest BCUT2D eigenvalue weighted by molar-refractivity contribution is 0.0936. The minimum Gasteiger partial charge on any atom is -0.349 e. The number of nitrogens with zero attached hydrogens (tertiary/aromatic N) is 2. The minimum atomic E-state index is -0.0644. The number of benzene rings is 2. The molecule has 0 spiro atoms. The predicted molar refractivity (Wildman–Crippen MR) is 93.9 cm³/mol. The Balaban J connectivity index is 1.58. The molecule has 0 bridgehead atoms. The Bertz CT molecular complexity index is 885. The zero-order valence-electron chi connectivity index (χ0n) is 13.4. The first-order valence-electron chi connectivity index (χ1n) is 8.39. The lowest BCUT2D eigenvalue weighted by Crippen LogP contribution is -2.36. The molecule has 0 saturated heterocycles. The van der Waals surface area contributed by atoms with Crippen molar-refractivity contribution in [3.63, 3.8) is 0 Å². The van der Waals surface area contributed by atoms with Gasteiger partial charge in [0.15, 0.2) is 0 Å². The molecule has 4 heteroatoms. The van der Waals surface area contributed by atoms with Gasteiger partial charge in [-0.3, -0.25) is 4.79 Å². The highest BCUT2D eigenvalue weighted by atomic mass is 16.1. The molecule has 4 nitrogen and oxygen atoms in total. The van der Waals surface area contributed by atoms with Crippen LogP contribution in [0.1, 0.15) is 34.3 Å². The monoisotopic (exact) mass is 317 g/mol. The van der Waals surface area contributed by atoms with Crippen LogP contribution in [-0.4, -0.2) is 22.1 Å². The van der Waals surface area contributed by atoms with Gasteiger partial charge in [0, 0.05) is 11.4 Å². The first-order chi connectivity index (χ1) is 11.8. The Labute approximate surface area is 140 Å². The smallest absolute Gasteiger partial charge is 0.253 e. The molecule has 1 N–H and O–H groups in total. The average Bonchev–Trinajstić information content (AvgIpc) is 2.82. The van der Waals surface area contributed by atoms with Gasteiger partial charge in [-0.1, -0.05) is 42.5 Å². The summed E-state index contributed by atoms with van der Waals surface area (Å²) in [5, 5.41) is 12.1. The lowest BCUT2D eigenvalue weighted by atomic mass is 10.0. The molecule has 1 atom stereocenters. The zero-order chi connectivity index (χ0) is 16.4. The van der Waals surface area contributed by atoms with Crippen molar-refractivity contribution in [2.45, 2.75) is 31.7 Å². The molecule has 0 fully saturated rings. The number of nitrogens with one attached hydrogen (secondary N) is 1. The molecule has 120 valence electrons.